The highest BCUT2D eigenvalue weighted by atomic mass is 16.5. The van der Waals surface area contributed by atoms with E-state index >= 15 is 0 Å². The maximum Gasteiger partial charge on any atom is 0.191 e. The maximum absolute atomic E-state index is 10.4. The van der Waals surface area contributed by atoms with Crippen molar-refractivity contribution in [1.29, 1.82) is 0 Å². The van der Waals surface area contributed by atoms with Crippen molar-refractivity contribution in [1.82, 2.24) is 10.6 Å². The lowest BCUT2D eigenvalue weighted by molar-refractivity contribution is 0.0307. The van der Waals surface area contributed by atoms with Crippen molar-refractivity contribution >= 4 is 5.96 Å². The lowest BCUT2D eigenvalue weighted by Crippen LogP contribution is -2.45. The van der Waals surface area contributed by atoms with E-state index in [1.165, 1.54) is 0 Å². The van der Waals surface area contributed by atoms with Crippen molar-refractivity contribution in [3.05, 3.63) is 24.2 Å². The van der Waals surface area contributed by atoms with Crippen molar-refractivity contribution in [3.63, 3.8) is 0 Å². The molecule has 1 rings (SSSR count). The van der Waals surface area contributed by atoms with Gasteiger partial charge in [-0.1, -0.05) is 0 Å². The van der Waals surface area contributed by atoms with Gasteiger partial charge in [-0.05, 0) is 39.8 Å². The fourth-order valence-electron chi connectivity index (χ4n) is 1.60. The van der Waals surface area contributed by atoms with Crippen LogP contribution in [0.1, 0.15) is 33.5 Å². The van der Waals surface area contributed by atoms with Gasteiger partial charge >= 0.3 is 0 Å². The van der Waals surface area contributed by atoms with Crippen LogP contribution in [0.5, 0.6) is 0 Å². The standard InChI is InChI=1S/C15H27N3O3/c1-6-16-13(17-10-14(2,3)20-5)18-11-15(4,19)12-8-7-9-21-12/h7-9,19H,6,10-11H2,1-5H3,(H2,16,17,18). The van der Waals surface area contributed by atoms with E-state index in [0.29, 0.717) is 24.8 Å². The van der Waals surface area contributed by atoms with Gasteiger partial charge in [-0.15, -0.1) is 0 Å². The molecule has 0 aliphatic rings. The summed E-state index contributed by atoms with van der Waals surface area (Å²) >= 11 is 0. The number of nitrogens with one attached hydrogen (secondary N) is 2. The Hall–Kier alpha value is -1.53. The highest BCUT2D eigenvalue weighted by Gasteiger charge is 2.26. The van der Waals surface area contributed by atoms with Gasteiger partial charge in [0.2, 0.25) is 0 Å². The molecule has 0 bridgehead atoms. The number of hydrogen-bond donors (Lipinski definition) is 3. The van der Waals surface area contributed by atoms with Crippen LogP contribution in [0.3, 0.4) is 0 Å². The minimum atomic E-state index is -1.10. The van der Waals surface area contributed by atoms with E-state index in [1.54, 1.807) is 32.4 Å². The fraction of sp³-hybridized carbons (Fsp3) is 0.667. The van der Waals surface area contributed by atoms with E-state index in [2.05, 4.69) is 15.6 Å². The number of methoxy groups -OCH3 is 1. The monoisotopic (exact) mass is 297 g/mol. The third-order valence-corrected chi connectivity index (χ3v) is 3.17. The zero-order valence-electron chi connectivity index (χ0n) is 13.6. The summed E-state index contributed by atoms with van der Waals surface area (Å²) in [5, 5.41) is 16.7. The number of guanidine groups is 1. The summed E-state index contributed by atoms with van der Waals surface area (Å²) in [7, 11) is 1.66. The molecular weight excluding hydrogens is 270 g/mol. The van der Waals surface area contributed by atoms with Crippen LogP contribution in [0, 0.1) is 0 Å². The SMILES string of the molecule is CCNC(=NCC(C)(C)OC)NCC(C)(O)c1ccco1. The Balaban J connectivity index is 2.64. The average molecular weight is 297 g/mol. The van der Waals surface area contributed by atoms with Crippen LogP contribution in [-0.4, -0.2) is 43.4 Å². The predicted molar refractivity (Wildman–Crippen MR) is 83.3 cm³/mol. The molecule has 0 spiro atoms. The molecule has 0 amide bonds. The van der Waals surface area contributed by atoms with Crippen LogP contribution in [0.25, 0.3) is 0 Å². The molecule has 1 heterocycles. The molecule has 1 atom stereocenters. The molecule has 1 aromatic heterocycles. The molecule has 0 aromatic carbocycles. The van der Waals surface area contributed by atoms with Gasteiger partial charge in [0.15, 0.2) is 5.96 Å². The van der Waals surface area contributed by atoms with E-state index in [1.807, 2.05) is 20.8 Å². The molecule has 1 unspecified atom stereocenters. The lowest BCUT2D eigenvalue weighted by Gasteiger charge is -2.24. The summed E-state index contributed by atoms with van der Waals surface area (Å²) in [5.41, 5.74) is -1.43. The van der Waals surface area contributed by atoms with Crippen molar-refractivity contribution in [2.24, 2.45) is 4.99 Å². The molecule has 120 valence electrons. The summed E-state index contributed by atoms with van der Waals surface area (Å²) in [6.07, 6.45) is 1.55. The first-order valence-electron chi connectivity index (χ1n) is 7.14. The predicted octanol–water partition coefficient (Wildman–Crippen LogP) is 1.47. The number of ether oxygens (including phenoxy) is 1. The third kappa shape index (κ3) is 5.77. The number of rotatable bonds is 7. The Morgan fingerprint density at radius 2 is 2.10 bits per heavy atom. The Morgan fingerprint density at radius 3 is 2.62 bits per heavy atom. The van der Waals surface area contributed by atoms with Gasteiger partial charge in [-0.25, -0.2) is 0 Å². The largest absolute Gasteiger partial charge is 0.466 e. The quantitative estimate of drug-likeness (QED) is 0.524. The summed E-state index contributed by atoms with van der Waals surface area (Å²) < 4.78 is 10.6. The highest BCUT2D eigenvalue weighted by molar-refractivity contribution is 5.79. The van der Waals surface area contributed by atoms with E-state index in [-0.39, 0.29) is 5.60 Å². The van der Waals surface area contributed by atoms with Gasteiger partial charge in [0.25, 0.3) is 0 Å². The van der Waals surface area contributed by atoms with Gasteiger partial charge in [0.1, 0.15) is 11.4 Å². The second-order valence-corrected chi connectivity index (χ2v) is 5.76. The van der Waals surface area contributed by atoms with Crippen LogP contribution < -0.4 is 10.6 Å². The Bertz CT molecular complexity index is 439. The van der Waals surface area contributed by atoms with E-state index < -0.39 is 5.60 Å². The van der Waals surface area contributed by atoms with Crippen LogP contribution in [0.2, 0.25) is 0 Å². The second-order valence-electron chi connectivity index (χ2n) is 5.76. The summed E-state index contributed by atoms with van der Waals surface area (Å²) in [6, 6.07) is 3.50. The van der Waals surface area contributed by atoms with Crippen LogP contribution in [-0.2, 0) is 10.3 Å². The van der Waals surface area contributed by atoms with Crippen molar-refractivity contribution in [2.75, 3.05) is 26.7 Å². The lowest BCUT2D eigenvalue weighted by atomic mass is 10.0. The summed E-state index contributed by atoms with van der Waals surface area (Å²) in [5.74, 6) is 1.15. The zero-order chi connectivity index (χ0) is 15.9. The van der Waals surface area contributed by atoms with Crippen LogP contribution in [0.15, 0.2) is 27.8 Å². The number of hydrogen-bond acceptors (Lipinski definition) is 4. The van der Waals surface area contributed by atoms with Gasteiger partial charge in [0.05, 0.1) is 25.0 Å². The van der Waals surface area contributed by atoms with Crippen molar-refractivity contribution in [2.45, 2.75) is 38.9 Å². The van der Waals surface area contributed by atoms with Gasteiger partial charge < -0.3 is 24.9 Å². The van der Waals surface area contributed by atoms with Crippen molar-refractivity contribution in [3.8, 4) is 0 Å². The minimum Gasteiger partial charge on any atom is -0.466 e. The normalized spacial score (nSPS) is 15.6. The van der Waals surface area contributed by atoms with Crippen LogP contribution >= 0.6 is 0 Å². The zero-order valence-corrected chi connectivity index (χ0v) is 13.6. The number of aliphatic hydroxyl groups is 1. The van der Waals surface area contributed by atoms with Crippen LogP contribution in [0.4, 0.5) is 0 Å². The Labute approximate surface area is 126 Å². The summed E-state index contributed by atoms with van der Waals surface area (Å²) in [4.78, 5) is 4.47. The first-order valence-corrected chi connectivity index (χ1v) is 7.14. The Morgan fingerprint density at radius 1 is 1.38 bits per heavy atom. The molecule has 3 N–H and O–H groups in total. The molecule has 0 aliphatic carbocycles. The highest BCUT2D eigenvalue weighted by Crippen LogP contribution is 2.19. The second kappa shape index (κ2) is 7.47. The van der Waals surface area contributed by atoms with Crippen molar-refractivity contribution < 1.29 is 14.3 Å². The minimum absolute atomic E-state index is 0.291. The molecule has 6 heteroatoms. The molecule has 0 saturated carbocycles. The molecule has 0 saturated heterocycles. The average Bonchev–Trinajstić information content (AvgIpc) is 2.97. The molecule has 21 heavy (non-hydrogen) atoms. The fourth-order valence-corrected chi connectivity index (χ4v) is 1.60. The molecular formula is C15H27N3O3. The smallest absolute Gasteiger partial charge is 0.191 e. The van der Waals surface area contributed by atoms with E-state index in [4.69, 9.17) is 9.15 Å². The summed E-state index contributed by atoms with van der Waals surface area (Å²) in [6.45, 7) is 9.17. The Kier molecular flexibility index (Phi) is 6.23. The number of aliphatic imine (C=N–C) groups is 1. The van der Waals surface area contributed by atoms with E-state index in [9.17, 15) is 5.11 Å². The number of furan rings is 1. The van der Waals surface area contributed by atoms with E-state index in [0.717, 1.165) is 6.54 Å². The molecule has 1 aromatic rings. The molecule has 6 nitrogen and oxygen atoms in total. The topological polar surface area (TPSA) is 79.0 Å². The third-order valence-electron chi connectivity index (χ3n) is 3.17. The molecule has 0 radical (unpaired) electrons. The molecule has 0 fully saturated rings. The van der Waals surface area contributed by atoms with Gasteiger partial charge in [-0.3, -0.25) is 4.99 Å². The first kappa shape index (κ1) is 17.5. The molecule has 0 aliphatic heterocycles. The maximum atomic E-state index is 10.4. The first-order chi connectivity index (χ1) is 9.80. The number of nitrogens with zero attached hydrogens (tertiary/aromatic N) is 1. The van der Waals surface area contributed by atoms with Gasteiger partial charge in [-0.2, -0.15) is 0 Å². The van der Waals surface area contributed by atoms with Gasteiger partial charge in [0, 0.05) is 13.7 Å².